The molecule has 2 aromatic heterocycles. The highest BCUT2D eigenvalue weighted by atomic mass is 16.5. The lowest BCUT2D eigenvalue weighted by atomic mass is 9.73. The number of aromatic nitrogens is 3. The van der Waals surface area contributed by atoms with Crippen LogP contribution in [0.2, 0.25) is 0 Å². The number of ketones is 1. The van der Waals surface area contributed by atoms with Crippen LogP contribution in [0.15, 0.2) is 58.8 Å². The molecule has 8 nitrogen and oxygen atoms in total. The number of ether oxygens (including phenoxy) is 2. The number of Topliss-reactive ketones (excluding diaryl/α,β-unsaturated/α-hetero) is 1. The van der Waals surface area contributed by atoms with Crippen LogP contribution < -0.4 is 20.3 Å². The van der Waals surface area contributed by atoms with E-state index in [4.69, 9.17) is 9.47 Å². The summed E-state index contributed by atoms with van der Waals surface area (Å²) in [6, 6.07) is 9.47. The second-order valence-electron chi connectivity index (χ2n) is 7.75. The molecule has 5 rings (SSSR count). The van der Waals surface area contributed by atoms with E-state index in [1.165, 1.54) is 0 Å². The van der Waals surface area contributed by atoms with Gasteiger partial charge in [0.1, 0.15) is 5.82 Å². The maximum atomic E-state index is 13.4. The molecule has 158 valence electrons. The molecule has 0 bridgehead atoms. The summed E-state index contributed by atoms with van der Waals surface area (Å²) in [5.41, 5.74) is 3.57. The van der Waals surface area contributed by atoms with Crippen molar-refractivity contribution in [1.29, 1.82) is 0 Å². The Balaban J connectivity index is 1.58. The monoisotopic (exact) mass is 418 g/mol. The van der Waals surface area contributed by atoms with Crippen LogP contribution in [0.3, 0.4) is 0 Å². The topological polar surface area (TPSA) is 109 Å². The number of nitrogens with zero attached hydrogens (tertiary/aromatic N) is 1. The van der Waals surface area contributed by atoms with Gasteiger partial charge < -0.3 is 14.8 Å². The molecule has 3 aromatic rings. The Hall–Kier alpha value is -3.81. The number of allylic oxidation sites excluding steroid dienone is 2. The summed E-state index contributed by atoms with van der Waals surface area (Å²) >= 11 is 0. The SMILES string of the molecule is COc1ccc(C2CC(=O)C3=C(C2)Nc2[nH][nH]c(=O)c2C3c2cccnc2)cc1OC. The number of carbonyl (C=O) groups excluding carboxylic acids is 1. The van der Waals surface area contributed by atoms with Crippen molar-refractivity contribution >= 4 is 11.6 Å². The lowest BCUT2D eigenvalue weighted by Crippen LogP contribution is -2.31. The average Bonchev–Trinajstić information content (AvgIpc) is 3.17. The second-order valence-corrected chi connectivity index (χ2v) is 7.75. The molecule has 1 aliphatic carbocycles. The lowest BCUT2D eigenvalue weighted by molar-refractivity contribution is -0.116. The second kappa shape index (κ2) is 7.46. The first kappa shape index (κ1) is 19.2. The summed E-state index contributed by atoms with van der Waals surface area (Å²) in [7, 11) is 3.19. The van der Waals surface area contributed by atoms with E-state index >= 15 is 0 Å². The van der Waals surface area contributed by atoms with Crippen molar-refractivity contribution < 1.29 is 14.3 Å². The number of rotatable bonds is 4. The molecule has 31 heavy (non-hydrogen) atoms. The van der Waals surface area contributed by atoms with Gasteiger partial charge >= 0.3 is 0 Å². The van der Waals surface area contributed by atoms with Crippen molar-refractivity contribution in [1.82, 2.24) is 15.2 Å². The van der Waals surface area contributed by atoms with Crippen LogP contribution in [0.25, 0.3) is 0 Å². The molecule has 1 aliphatic heterocycles. The smallest absolute Gasteiger partial charge is 0.270 e. The van der Waals surface area contributed by atoms with Gasteiger partial charge in [-0.25, -0.2) is 0 Å². The Kier molecular flexibility index (Phi) is 4.62. The first-order valence-corrected chi connectivity index (χ1v) is 10.1. The quantitative estimate of drug-likeness (QED) is 0.601. The Morgan fingerprint density at radius 2 is 1.84 bits per heavy atom. The molecule has 8 heteroatoms. The van der Waals surface area contributed by atoms with E-state index in [2.05, 4.69) is 20.5 Å². The molecule has 0 spiro atoms. The number of benzene rings is 1. The van der Waals surface area contributed by atoms with Crippen molar-refractivity contribution in [3.8, 4) is 11.5 Å². The zero-order valence-electron chi connectivity index (χ0n) is 17.2. The number of pyridine rings is 1. The molecule has 0 saturated heterocycles. The van der Waals surface area contributed by atoms with E-state index in [9.17, 15) is 9.59 Å². The van der Waals surface area contributed by atoms with Crippen LogP contribution in [0.1, 0.15) is 41.4 Å². The number of methoxy groups -OCH3 is 2. The fraction of sp³-hybridized carbons (Fsp3) is 0.261. The first-order chi connectivity index (χ1) is 15.1. The molecule has 0 radical (unpaired) electrons. The number of carbonyl (C=O) groups is 1. The fourth-order valence-corrected chi connectivity index (χ4v) is 4.64. The summed E-state index contributed by atoms with van der Waals surface area (Å²) in [4.78, 5) is 30.2. The third-order valence-electron chi connectivity index (χ3n) is 6.07. The van der Waals surface area contributed by atoms with Gasteiger partial charge in [-0.15, -0.1) is 0 Å². The maximum absolute atomic E-state index is 13.4. The van der Waals surface area contributed by atoms with Crippen molar-refractivity contribution in [2.45, 2.75) is 24.7 Å². The van der Waals surface area contributed by atoms with E-state index in [0.29, 0.717) is 41.3 Å². The number of hydrogen-bond acceptors (Lipinski definition) is 6. The molecule has 0 fully saturated rings. The molecule has 0 saturated carbocycles. The molecular formula is C23H22N4O4. The highest BCUT2D eigenvalue weighted by Gasteiger charge is 2.40. The molecule has 1 aromatic carbocycles. The van der Waals surface area contributed by atoms with Gasteiger partial charge in [0.2, 0.25) is 0 Å². The minimum atomic E-state index is -0.450. The Labute approximate surface area is 178 Å². The van der Waals surface area contributed by atoms with Gasteiger partial charge in [0.05, 0.1) is 19.8 Å². The van der Waals surface area contributed by atoms with Crippen LogP contribution in [-0.4, -0.2) is 35.2 Å². The van der Waals surface area contributed by atoms with E-state index in [-0.39, 0.29) is 17.3 Å². The number of aromatic amines is 2. The van der Waals surface area contributed by atoms with Crippen LogP contribution in [0, 0.1) is 0 Å². The summed E-state index contributed by atoms with van der Waals surface area (Å²) in [5.74, 6) is 1.44. The summed E-state index contributed by atoms with van der Waals surface area (Å²) < 4.78 is 10.8. The summed E-state index contributed by atoms with van der Waals surface area (Å²) in [5, 5.41) is 8.85. The Morgan fingerprint density at radius 1 is 1.00 bits per heavy atom. The van der Waals surface area contributed by atoms with E-state index in [1.807, 2.05) is 30.3 Å². The zero-order valence-corrected chi connectivity index (χ0v) is 17.2. The van der Waals surface area contributed by atoms with E-state index in [1.54, 1.807) is 26.6 Å². The molecule has 2 aliphatic rings. The van der Waals surface area contributed by atoms with Crippen LogP contribution >= 0.6 is 0 Å². The molecule has 2 unspecified atom stereocenters. The van der Waals surface area contributed by atoms with Gasteiger partial charge in [0.15, 0.2) is 17.3 Å². The third kappa shape index (κ3) is 3.11. The zero-order chi connectivity index (χ0) is 21.5. The predicted octanol–water partition coefficient (Wildman–Crippen LogP) is 3.07. The number of fused-ring (bicyclic) bond motifs is 1. The largest absolute Gasteiger partial charge is 0.493 e. The maximum Gasteiger partial charge on any atom is 0.270 e. The average molecular weight is 418 g/mol. The van der Waals surface area contributed by atoms with Crippen LogP contribution in [0.5, 0.6) is 11.5 Å². The number of H-pyrrole nitrogens is 2. The normalized spacial score (nSPS) is 20.0. The highest BCUT2D eigenvalue weighted by Crippen LogP contribution is 2.46. The van der Waals surface area contributed by atoms with Crippen molar-refractivity contribution in [3.05, 3.63) is 81.0 Å². The van der Waals surface area contributed by atoms with Gasteiger partial charge in [-0.05, 0) is 41.7 Å². The highest BCUT2D eigenvalue weighted by molar-refractivity contribution is 6.01. The van der Waals surface area contributed by atoms with Gasteiger partial charge in [-0.2, -0.15) is 0 Å². The minimum absolute atomic E-state index is 0.0136. The standard InChI is InChI=1S/C23H22N4O4/c1-30-17-6-5-12(10-18(17)31-2)14-8-15-20(16(28)9-14)19(13-4-3-7-24-11-13)21-22(25-15)26-27-23(21)29/h3-7,10-11,14,19H,8-9H2,1-2H3,(H3,25,26,27,29). The molecule has 3 N–H and O–H groups in total. The van der Waals surface area contributed by atoms with Crippen molar-refractivity contribution in [2.75, 3.05) is 19.5 Å². The van der Waals surface area contributed by atoms with E-state index < -0.39 is 5.92 Å². The molecule has 0 amide bonds. The lowest BCUT2D eigenvalue weighted by Gasteiger charge is -2.34. The fourth-order valence-electron chi connectivity index (χ4n) is 4.64. The Bertz CT molecular complexity index is 1240. The van der Waals surface area contributed by atoms with E-state index in [0.717, 1.165) is 16.8 Å². The predicted molar refractivity (Wildman–Crippen MR) is 115 cm³/mol. The van der Waals surface area contributed by atoms with Crippen LogP contribution in [0.4, 0.5) is 5.82 Å². The van der Waals surface area contributed by atoms with Gasteiger partial charge in [-0.3, -0.25) is 24.8 Å². The number of anilines is 1. The number of hydrogen-bond donors (Lipinski definition) is 3. The minimum Gasteiger partial charge on any atom is -0.493 e. The Morgan fingerprint density at radius 3 is 2.58 bits per heavy atom. The summed E-state index contributed by atoms with van der Waals surface area (Å²) in [6.07, 6.45) is 4.38. The van der Waals surface area contributed by atoms with Crippen molar-refractivity contribution in [3.63, 3.8) is 0 Å². The van der Waals surface area contributed by atoms with Crippen molar-refractivity contribution in [2.24, 2.45) is 0 Å². The number of nitrogens with one attached hydrogen (secondary N) is 3. The third-order valence-corrected chi connectivity index (χ3v) is 6.07. The molecule has 3 heterocycles. The van der Waals surface area contributed by atoms with Gasteiger partial charge in [-0.1, -0.05) is 12.1 Å². The molecule has 2 atom stereocenters. The molecular weight excluding hydrogens is 396 g/mol. The van der Waals surface area contributed by atoms with Crippen LogP contribution in [-0.2, 0) is 4.79 Å². The van der Waals surface area contributed by atoms with Gasteiger partial charge in [0.25, 0.3) is 5.56 Å². The van der Waals surface area contributed by atoms with Gasteiger partial charge in [0, 0.05) is 36.0 Å². The summed E-state index contributed by atoms with van der Waals surface area (Å²) in [6.45, 7) is 0. The first-order valence-electron chi connectivity index (χ1n) is 10.1.